The van der Waals surface area contributed by atoms with E-state index in [4.69, 9.17) is 15.2 Å². The second-order valence-corrected chi connectivity index (χ2v) is 4.62. The van der Waals surface area contributed by atoms with Crippen molar-refractivity contribution in [2.45, 2.75) is 20.8 Å². The van der Waals surface area contributed by atoms with E-state index in [1.807, 2.05) is 25.1 Å². The van der Waals surface area contributed by atoms with Crippen LogP contribution >= 0.6 is 0 Å². The summed E-state index contributed by atoms with van der Waals surface area (Å²) in [7, 11) is 0. The minimum absolute atomic E-state index is 0.571. The molecule has 0 fully saturated rings. The molecule has 0 saturated heterocycles. The van der Waals surface area contributed by atoms with Crippen LogP contribution in [0.3, 0.4) is 0 Å². The molecule has 0 aromatic heterocycles. The summed E-state index contributed by atoms with van der Waals surface area (Å²) < 4.78 is 10.9. The summed E-state index contributed by atoms with van der Waals surface area (Å²) in [5.74, 6) is 1.37. The molecule has 0 bridgehead atoms. The summed E-state index contributed by atoms with van der Waals surface area (Å²) in [5, 5.41) is 3.27. The molecule has 102 valence electrons. The van der Waals surface area contributed by atoms with Crippen LogP contribution in [0.25, 0.3) is 0 Å². The number of nitrogens with two attached hydrogens (primary N) is 1. The minimum Gasteiger partial charge on any atom is -0.494 e. The van der Waals surface area contributed by atoms with E-state index in [0.717, 1.165) is 24.6 Å². The predicted octanol–water partition coefficient (Wildman–Crippen LogP) is 2.75. The number of benzene rings is 1. The van der Waals surface area contributed by atoms with Crippen molar-refractivity contribution >= 4 is 11.4 Å². The fourth-order valence-corrected chi connectivity index (χ4v) is 1.56. The summed E-state index contributed by atoms with van der Waals surface area (Å²) in [6.07, 6.45) is 0. The quantitative estimate of drug-likeness (QED) is 0.552. The Morgan fingerprint density at radius 3 is 2.72 bits per heavy atom. The summed E-state index contributed by atoms with van der Waals surface area (Å²) >= 11 is 0. The molecule has 0 heterocycles. The van der Waals surface area contributed by atoms with Crippen molar-refractivity contribution in [3.05, 3.63) is 18.2 Å². The van der Waals surface area contributed by atoms with Gasteiger partial charge in [-0.15, -0.1) is 0 Å². The van der Waals surface area contributed by atoms with E-state index in [0.29, 0.717) is 24.8 Å². The van der Waals surface area contributed by atoms with Crippen LogP contribution in [0.15, 0.2) is 18.2 Å². The third kappa shape index (κ3) is 5.77. The molecule has 0 spiro atoms. The molecule has 1 aromatic carbocycles. The van der Waals surface area contributed by atoms with Gasteiger partial charge in [0.1, 0.15) is 5.75 Å². The summed E-state index contributed by atoms with van der Waals surface area (Å²) in [4.78, 5) is 0. The normalized spacial score (nSPS) is 10.7. The third-order valence-corrected chi connectivity index (χ3v) is 2.27. The van der Waals surface area contributed by atoms with Crippen LogP contribution in [0, 0.1) is 5.92 Å². The topological polar surface area (TPSA) is 56.5 Å². The van der Waals surface area contributed by atoms with Gasteiger partial charge in [0.15, 0.2) is 0 Å². The average Bonchev–Trinajstić information content (AvgIpc) is 2.28. The van der Waals surface area contributed by atoms with Gasteiger partial charge in [-0.05, 0) is 18.9 Å². The lowest BCUT2D eigenvalue weighted by Gasteiger charge is -2.11. The SMILES string of the molecule is CCOc1cc(N)cc(NCCOCC(C)C)c1. The first kappa shape index (κ1) is 14.6. The monoisotopic (exact) mass is 252 g/mol. The van der Waals surface area contributed by atoms with Gasteiger partial charge < -0.3 is 20.5 Å². The van der Waals surface area contributed by atoms with Crippen LogP contribution in [0.1, 0.15) is 20.8 Å². The lowest BCUT2D eigenvalue weighted by molar-refractivity contribution is 0.118. The zero-order chi connectivity index (χ0) is 13.4. The van der Waals surface area contributed by atoms with Gasteiger partial charge in [0.05, 0.1) is 13.2 Å². The second-order valence-electron chi connectivity index (χ2n) is 4.62. The van der Waals surface area contributed by atoms with Crippen LogP contribution in [-0.4, -0.2) is 26.4 Å². The van der Waals surface area contributed by atoms with Gasteiger partial charge >= 0.3 is 0 Å². The minimum atomic E-state index is 0.571. The highest BCUT2D eigenvalue weighted by Crippen LogP contribution is 2.22. The Morgan fingerprint density at radius 1 is 1.28 bits per heavy atom. The van der Waals surface area contributed by atoms with Gasteiger partial charge in [-0.2, -0.15) is 0 Å². The fourth-order valence-electron chi connectivity index (χ4n) is 1.56. The van der Waals surface area contributed by atoms with Gasteiger partial charge in [0.2, 0.25) is 0 Å². The molecular weight excluding hydrogens is 228 g/mol. The molecule has 0 radical (unpaired) electrons. The van der Waals surface area contributed by atoms with Crippen molar-refractivity contribution in [1.29, 1.82) is 0 Å². The molecule has 1 aromatic rings. The Hall–Kier alpha value is -1.42. The summed E-state index contributed by atoms with van der Waals surface area (Å²) in [6.45, 7) is 9.12. The number of rotatable bonds is 8. The Morgan fingerprint density at radius 2 is 2.06 bits per heavy atom. The molecule has 1 rings (SSSR count). The van der Waals surface area contributed by atoms with Crippen molar-refractivity contribution in [2.75, 3.05) is 37.4 Å². The highest BCUT2D eigenvalue weighted by Gasteiger charge is 2.00. The van der Waals surface area contributed by atoms with Crippen LogP contribution < -0.4 is 15.8 Å². The van der Waals surface area contributed by atoms with Gasteiger partial charge in [-0.25, -0.2) is 0 Å². The number of nitrogen functional groups attached to an aromatic ring is 1. The van der Waals surface area contributed by atoms with Gasteiger partial charge in [0.25, 0.3) is 0 Å². The smallest absolute Gasteiger partial charge is 0.123 e. The third-order valence-electron chi connectivity index (χ3n) is 2.27. The first-order valence-corrected chi connectivity index (χ1v) is 6.46. The van der Waals surface area contributed by atoms with E-state index in [9.17, 15) is 0 Å². The number of hydrogen-bond donors (Lipinski definition) is 2. The lowest BCUT2D eigenvalue weighted by Crippen LogP contribution is -2.12. The molecular formula is C14H24N2O2. The lowest BCUT2D eigenvalue weighted by atomic mass is 10.2. The number of hydrogen-bond acceptors (Lipinski definition) is 4. The largest absolute Gasteiger partial charge is 0.494 e. The molecule has 0 aliphatic heterocycles. The van der Waals surface area contributed by atoms with Gasteiger partial charge in [-0.3, -0.25) is 0 Å². The van der Waals surface area contributed by atoms with E-state index in [1.54, 1.807) is 0 Å². The maximum Gasteiger partial charge on any atom is 0.123 e. The zero-order valence-electron chi connectivity index (χ0n) is 11.5. The first-order chi connectivity index (χ1) is 8.61. The Balaban J connectivity index is 2.37. The molecule has 0 saturated carbocycles. The van der Waals surface area contributed by atoms with E-state index < -0.39 is 0 Å². The van der Waals surface area contributed by atoms with Crippen LogP contribution in [0.4, 0.5) is 11.4 Å². The zero-order valence-corrected chi connectivity index (χ0v) is 11.5. The highest BCUT2D eigenvalue weighted by atomic mass is 16.5. The molecule has 0 aliphatic rings. The Bertz CT molecular complexity index is 354. The summed E-state index contributed by atoms with van der Waals surface area (Å²) in [6, 6.07) is 5.66. The van der Waals surface area contributed by atoms with Crippen molar-refractivity contribution in [2.24, 2.45) is 5.92 Å². The second kappa shape index (κ2) is 7.82. The Kier molecular flexibility index (Phi) is 6.36. The maximum atomic E-state index is 5.81. The molecule has 4 nitrogen and oxygen atoms in total. The van der Waals surface area contributed by atoms with E-state index in [2.05, 4.69) is 19.2 Å². The summed E-state index contributed by atoms with van der Waals surface area (Å²) in [5.41, 5.74) is 7.47. The number of nitrogens with one attached hydrogen (secondary N) is 1. The fraction of sp³-hybridized carbons (Fsp3) is 0.571. The van der Waals surface area contributed by atoms with E-state index >= 15 is 0 Å². The molecule has 0 amide bonds. The predicted molar refractivity (Wildman–Crippen MR) is 76.2 cm³/mol. The van der Waals surface area contributed by atoms with Crippen molar-refractivity contribution in [3.63, 3.8) is 0 Å². The van der Waals surface area contributed by atoms with Crippen molar-refractivity contribution in [3.8, 4) is 5.75 Å². The van der Waals surface area contributed by atoms with Crippen LogP contribution in [0.2, 0.25) is 0 Å². The van der Waals surface area contributed by atoms with E-state index in [-0.39, 0.29) is 0 Å². The van der Waals surface area contributed by atoms with Gasteiger partial charge in [-0.1, -0.05) is 13.8 Å². The van der Waals surface area contributed by atoms with Gasteiger partial charge in [0, 0.05) is 36.7 Å². The molecule has 3 N–H and O–H groups in total. The molecule has 0 atom stereocenters. The molecule has 4 heteroatoms. The van der Waals surface area contributed by atoms with Crippen LogP contribution in [-0.2, 0) is 4.74 Å². The maximum absolute atomic E-state index is 5.81. The molecule has 0 aliphatic carbocycles. The highest BCUT2D eigenvalue weighted by molar-refractivity contribution is 5.59. The van der Waals surface area contributed by atoms with Crippen molar-refractivity contribution < 1.29 is 9.47 Å². The Labute approximate surface area is 109 Å². The number of ether oxygens (including phenoxy) is 2. The van der Waals surface area contributed by atoms with E-state index in [1.165, 1.54) is 0 Å². The molecule has 0 unspecified atom stereocenters. The van der Waals surface area contributed by atoms with Crippen molar-refractivity contribution in [1.82, 2.24) is 0 Å². The standard InChI is InChI=1S/C14H24N2O2/c1-4-18-14-8-12(15)7-13(9-14)16-5-6-17-10-11(2)3/h7-9,11,16H,4-6,10,15H2,1-3H3. The first-order valence-electron chi connectivity index (χ1n) is 6.46. The molecule has 18 heavy (non-hydrogen) atoms. The number of anilines is 2. The van der Waals surface area contributed by atoms with Crippen LogP contribution in [0.5, 0.6) is 5.75 Å². The average molecular weight is 252 g/mol.